The van der Waals surface area contributed by atoms with Gasteiger partial charge < -0.3 is 5.11 Å². The Kier molecular flexibility index (Phi) is 11.6. The van der Waals surface area contributed by atoms with Crippen LogP contribution in [0.2, 0.25) is 0 Å². The molecule has 0 aromatic heterocycles. The number of aliphatic hydroxyl groups excluding tert-OH is 1. The second kappa shape index (κ2) is 13.5. The van der Waals surface area contributed by atoms with Crippen LogP contribution < -0.4 is 0 Å². The summed E-state index contributed by atoms with van der Waals surface area (Å²) in [7, 11) is 0. The molecule has 0 aliphatic heterocycles. The molecule has 4 aliphatic carbocycles. The first-order valence-corrected chi connectivity index (χ1v) is 15.5. The molecule has 9 unspecified atom stereocenters. The van der Waals surface area contributed by atoms with E-state index in [4.69, 9.17) is 0 Å². The molecular weight excluding hydrogens is 448 g/mol. The molecule has 0 saturated heterocycles. The van der Waals surface area contributed by atoms with E-state index < -0.39 is 0 Å². The second-order valence-corrected chi connectivity index (χ2v) is 12.5. The summed E-state index contributed by atoms with van der Waals surface area (Å²) in [6.07, 6.45) is 19.5. The maximum Gasteiger partial charge on any atom is 0.0578 e. The van der Waals surface area contributed by atoms with Crippen molar-refractivity contribution in [3.8, 4) is 11.8 Å². The second-order valence-electron chi connectivity index (χ2n) is 12.5. The average Bonchev–Trinajstić information content (AvgIpc) is 2.87. The summed E-state index contributed by atoms with van der Waals surface area (Å²) < 4.78 is 0. The van der Waals surface area contributed by atoms with Crippen LogP contribution in [0.15, 0.2) is 47.6 Å². The van der Waals surface area contributed by atoms with E-state index in [-0.39, 0.29) is 22.9 Å². The summed E-state index contributed by atoms with van der Waals surface area (Å²) in [5.41, 5.74) is 3.26. The maximum atomic E-state index is 10.3. The lowest BCUT2D eigenvalue weighted by atomic mass is 9.49. The number of hydrogen-bond donors (Lipinski definition) is 1. The Bertz CT molecular complexity index is 920. The summed E-state index contributed by atoms with van der Waals surface area (Å²) >= 11 is 0. The third-order valence-corrected chi connectivity index (χ3v) is 9.98. The highest BCUT2D eigenvalue weighted by Gasteiger charge is 2.53. The lowest BCUT2D eigenvalue weighted by Gasteiger charge is -2.55. The van der Waals surface area contributed by atoms with Crippen molar-refractivity contribution in [2.24, 2.45) is 52.3 Å². The van der Waals surface area contributed by atoms with Gasteiger partial charge in [0.2, 0.25) is 0 Å². The number of rotatable bonds is 4. The van der Waals surface area contributed by atoms with E-state index in [2.05, 4.69) is 96.8 Å². The van der Waals surface area contributed by atoms with E-state index in [9.17, 15) is 5.11 Å². The van der Waals surface area contributed by atoms with Gasteiger partial charge >= 0.3 is 0 Å². The van der Waals surface area contributed by atoms with E-state index in [0.717, 1.165) is 32.1 Å². The van der Waals surface area contributed by atoms with Gasteiger partial charge in [-0.2, -0.15) is 0 Å². The van der Waals surface area contributed by atoms with Crippen molar-refractivity contribution in [3.05, 3.63) is 47.6 Å². The Hall–Kier alpha value is -1.52. The Balaban J connectivity index is 0.00000115. The highest BCUT2D eigenvalue weighted by molar-refractivity contribution is 5.43. The lowest BCUT2D eigenvalue weighted by Crippen LogP contribution is -2.48. The van der Waals surface area contributed by atoms with Crippen molar-refractivity contribution in [1.82, 2.24) is 0 Å². The number of fused-ring (bicyclic) bond motifs is 5. The predicted molar refractivity (Wildman–Crippen MR) is 163 cm³/mol. The fraction of sp³-hybridized carbons (Fsp3) is 0.722. The van der Waals surface area contributed by atoms with E-state index >= 15 is 0 Å². The molecule has 0 heterocycles. The van der Waals surface area contributed by atoms with Crippen LogP contribution in [-0.2, 0) is 0 Å². The number of hydrogen-bond acceptors (Lipinski definition) is 1. The molecule has 0 bridgehead atoms. The van der Waals surface area contributed by atoms with Gasteiger partial charge in [0.25, 0.3) is 0 Å². The summed E-state index contributed by atoms with van der Waals surface area (Å²) in [5, 5.41) is 10.3. The zero-order chi connectivity index (χ0) is 28.0. The molecule has 1 fully saturated rings. The van der Waals surface area contributed by atoms with Gasteiger partial charge in [0, 0.05) is 11.8 Å². The van der Waals surface area contributed by atoms with Crippen LogP contribution >= 0.6 is 0 Å². The van der Waals surface area contributed by atoms with Crippen LogP contribution in [0.1, 0.15) is 108 Å². The van der Waals surface area contributed by atoms with Crippen LogP contribution in [0, 0.1) is 64.1 Å². The van der Waals surface area contributed by atoms with Crippen LogP contribution in [-0.4, -0.2) is 11.2 Å². The molecule has 0 aromatic rings. The van der Waals surface area contributed by atoms with Crippen molar-refractivity contribution in [2.45, 2.75) is 114 Å². The highest BCUT2D eigenvalue weighted by Crippen LogP contribution is 2.60. The van der Waals surface area contributed by atoms with E-state index in [1.54, 1.807) is 5.57 Å². The molecule has 37 heavy (non-hydrogen) atoms. The smallest absolute Gasteiger partial charge is 0.0578 e. The average molecular weight is 507 g/mol. The lowest BCUT2D eigenvalue weighted by molar-refractivity contribution is 0.0528. The first-order chi connectivity index (χ1) is 17.6. The monoisotopic (exact) mass is 506 g/mol. The minimum absolute atomic E-state index is 0.0726. The van der Waals surface area contributed by atoms with Crippen LogP contribution in [0.25, 0.3) is 0 Å². The molecule has 1 heteroatoms. The van der Waals surface area contributed by atoms with E-state index in [0.29, 0.717) is 35.5 Å². The predicted octanol–water partition coefficient (Wildman–Crippen LogP) is 9.80. The molecule has 0 aromatic carbocycles. The summed E-state index contributed by atoms with van der Waals surface area (Å²) in [5.74, 6) is 11.1. The number of allylic oxidation sites excluding steroid dienone is 7. The molecule has 0 spiro atoms. The van der Waals surface area contributed by atoms with Gasteiger partial charge in [-0.3, -0.25) is 0 Å². The zero-order valence-electron chi connectivity index (χ0n) is 26.1. The van der Waals surface area contributed by atoms with Gasteiger partial charge in [-0.25, -0.2) is 0 Å². The normalized spacial score (nSPS) is 37.8. The fourth-order valence-corrected chi connectivity index (χ4v) is 7.41. The van der Waals surface area contributed by atoms with E-state index in [1.807, 2.05) is 27.7 Å². The number of aliphatic hydroxyl groups is 1. The molecule has 1 saturated carbocycles. The highest BCUT2D eigenvalue weighted by atomic mass is 16.3. The Morgan fingerprint density at radius 3 is 2.30 bits per heavy atom. The summed E-state index contributed by atoms with van der Waals surface area (Å²) in [4.78, 5) is 0. The minimum Gasteiger partial charge on any atom is -0.393 e. The third kappa shape index (κ3) is 6.38. The molecule has 9 atom stereocenters. The minimum atomic E-state index is -0.187. The standard InChI is InChI=1S/C32H46O.2C2H6/c1-21(2)22(3)11-12-23(4)28-16-13-24(5)30-27-15-14-25-20-26(33)17-19-31(25,6)29(27)10-8-9-18-32(28,30)7;2*1-2/h11-16,21-24,26,28-30,33H,9,17-20H2,1-7H3;2*1-2H3/b12-11+;;. The van der Waals surface area contributed by atoms with Crippen molar-refractivity contribution in [1.29, 1.82) is 0 Å². The molecule has 4 aliphatic rings. The molecule has 0 amide bonds. The van der Waals surface area contributed by atoms with Gasteiger partial charge in [0.05, 0.1) is 12.0 Å². The summed E-state index contributed by atoms with van der Waals surface area (Å²) in [6, 6.07) is 0. The van der Waals surface area contributed by atoms with Crippen LogP contribution in [0.4, 0.5) is 0 Å². The van der Waals surface area contributed by atoms with E-state index in [1.165, 1.54) is 5.57 Å². The van der Waals surface area contributed by atoms with Gasteiger partial charge in [-0.15, -0.1) is 5.92 Å². The largest absolute Gasteiger partial charge is 0.393 e. The van der Waals surface area contributed by atoms with Crippen molar-refractivity contribution in [3.63, 3.8) is 0 Å². The molecule has 4 rings (SSSR count). The Morgan fingerprint density at radius 2 is 1.65 bits per heavy atom. The Morgan fingerprint density at radius 1 is 0.973 bits per heavy atom. The van der Waals surface area contributed by atoms with Gasteiger partial charge in [0.1, 0.15) is 0 Å². The third-order valence-electron chi connectivity index (χ3n) is 9.98. The van der Waals surface area contributed by atoms with Crippen molar-refractivity contribution in [2.75, 3.05) is 0 Å². The zero-order valence-corrected chi connectivity index (χ0v) is 26.1. The Labute approximate surface area is 231 Å². The summed E-state index contributed by atoms with van der Waals surface area (Å²) in [6.45, 7) is 24.8. The van der Waals surface area contributed by atoms with Crippen molar-refractivity contribution < 1.29 is 5.11 Å². The van der Waals surface area contributed by atoms with Gasteiger partial charge in [0.15, 0.2) is 0 Å². The van der Waals surface area contributed by atoms with Gasteiger partial charge in [-0.1, -0.05) is 130 Å². The maximum absolute atomic E-state index is 10.3. The van der Waals surface area contributed by atoms with Crippen LogP contribution in [0.5, 0.6) is 0 Å². The molecule has 0 radical (unpaired) electrons. The molecular formula is C36H58O. The van der Waals surface area contributed by atoms with Gasteiger partial charge in [-0.05, 0) is 66.6 Å². The molecule has 208 valence electrons. The topological polar surface area (TPSA) is 20.2 Å². The van der Waals surface area contributed by atoms with Crippen LogP contribution in [0.3, 0.4) is 0 Å². The fourth-order valence-electron chi connectivity index (χ4n) is 7.41. The van der Waals surface area contributed by atoms with Crippen molar-refractivity contribution >= 4 is 0 Å². The SMILES string of the molecule is CC.CC.CC(C)C(C)/C=C/C(C)C1C=CC(C)C2C3=CC=C4CC(O)CCC4(C)C3C#CCCC12C. The first kappa shape index (κ1) is 31.7. The molecule has 1 N–H and O–H groups in total. The first-order valence-electron chi connectivity index (χ1n) is 15.5. The quantitative estimate of drug-likeness (QED) is 0.297. The molecule has 1 nitrogen and oxygen atoms in total.